The molecule has 0 spiro atoms. The molecule has 0 saturated heterocycles. The lowest BCUT2D eigenvalue weighted by Crippen LogP contribution is -2.07. The van der Waals surface area contributed by atoms with Gasteiger partial charge < -0.3 is 9.57 Å². The van der Waals surface area contributed by atoms with Crippen LogP contribution in [-0.2, 0) is 4.84 Å². The predicted molar refractivity (Wildman–Crippen MR) is 109 cm³/mol. The molecule has 134 valence electrons. The zero-order valence-corrected chi connectivity index (χ0v) is 16.0. The number of oxime groups is 1. The molecule has 4 heteroatoms. The van der Waals surface area contributed by atoms with Crippen molar-refractivity contribution in [3.63, 3.8) is 0 Å². The van der Waals surface area contributed by atoms with Gasteiger partial charge in [-0.25, -0.2) is 0 Å². The summed E-state index contributed by atoms with van der Waals surface area (Å²) < 4.78 is 5.72. The number of ether oxygens (including phenoxy) is 1. The molecule has 0 radical (unpaired) electrons. The smallest absolute Gasteiger partial charge is 0.151 e. The topological polar surface area (TPSA) is 30.8 Å². The molecule has 0 bridgehead atoms. The fraction of sp³-hybridized carbons (Fsp3) is 0.227. The van der Waals surface area contributed by atoms with Gasteiger partial charge in [-0.3, -0.25) is 0 Å². The van der Waals surface area contributed by atoms with Crippen molar-refractivity contribution in [2.24, 2.45) is 5.16 Å². The van der Waals surface area contributed by atoms with E-state index in [1.165, 1.54) is 10.4 Å². The van der Waals surface area contributed by atoms with Crippen molar-refractivity contribution in [2.45, 2.75) is 20.3 Å². The highest BCUT2D eigenvalue weighted by Gasteiger charge is 2.04. The zero-order chi connectivity index (χ0) is 18.2. The van der Waals surface area contributed by atoms with Crippen LogP contribution in [0.3, 0.4) is 0 Å². The monoisotopic (exact) mass is 365 g/mol. The summed E-state index contributed by atoms with van der Waals surface area (Å²) in [6.07, 6.45) is 0.816. The maximum Gasteiger partial charge on any atom is 0.151 e. The van der Waals surface area contributed by atoms with Gasteiger partial charge >= 0.3 is 0 Å². The maximum atomic E-state index is 5.72. The summed E-state index contributed by atoms with van der Waals surface area (Å²) in [5.41, 5.74) is 4.38. The Bertz CT molecular complexity index is 839. The van der Waals surface area contributed by atoms with Crippen molar-refractivity contribution >= 4 is 17.0 Å². The molecule has 3 nitrogen and oxygen atoms in total. The minimum Gasteiger partial charge on any atom is -0.490 e. The molecule has 0 atom stereocenters. The summed E-state index contributed by atoms with van der Waals surface area (Å²) in [5.74, 6) is 0.889. The Hall–Kier alpha value is -2.59. The van der Waals surface area contributed by atoms with E-state index in [0.717, 1.165) is 29.0 Å². The van der Waals surface area contributed by atoms with Gasteiger partial charge in [0.15, 0.2) is 6.61 Å². The Morgan fingerprint density at radius 3 is 2.46 bits per heavy atom. The molecule has 0 saturated carbocycles. The quantitative estimate of drug-likeness (QED) is 0.281. The van der Waals surface area contributed by atoms with Gasteiger partial charge in [0.1, 0.15) is 12.4 Å². The molecular weight excluding hydrogens is 342 g/mol. The van der Waals surface area contributed by atoms with Crippen molar-refractivity contribution in [1.82, 2.24) is 0 Å². The molecular formula is C22H23NO2S. The number of hydrogen-bond acceptors (Lipinski definition) is 4. The van der Waals surface area contributed by atoms with Crippen LogP contribution in [0.25, 0.3) is 10.4 Å². The van der Waals surface area contributed by atoms with E-state index in [0.29, 0.717) is 13.2 Å². The van der Waals surface area contributed by atoms with Crippen molar-refractivity contribution in [3.8, 4) is 16.2 Å². The van der Waals surface area contributed by atoms with Gasteiger partial charge in [0, 0.05) is 4.88 Å². The van der Waals surface area contributed by atoms with Crippen molar-refractivity contribution in [1.29, 1.82) is 0 Å². The Labute approximate surface area is 158 Å². The molecule has 0 amide bonds. The molecule has 1 aromatic heterocycles. The highest BCUT2D eigenvalue weighted by molar-refractivity contribution is 7.13. The summed E-state index contributed by atoms with van der Waals surface area (Å²) in [4.78, 5) is 6.74. The van der Waals surface area contributed by atoms with E-state index in [2.05, 4.69) is 53.9 Å². The van der Waals surface area contributed by atoms with E-state index in [4.69, 9.17) is 9.57 Å². The molecule has 0 aliphatic heterocycles. The third-order valence-electron chi connectivity index (χ3n) is 4.06. The molecule has 0 N–H and O–H groups in total. The summed E-state index contributed by atoms with van der Waals surface area (Å²) in [7, 11) is 0. The summed E-state index contributed by atoms with van der Waals surface area (Å²) in [6, 6.07) is 20.6. The van der Waals surface area contributed by atoms with Crippen molar-refractivity contribution in [2.75, 3.05) is 13.2 Å². The summed E-state index contributed by atoms with van der Waals surface area (Å²) in [5, 5.41) is 6.39. The fourth-order valence-corrected chi connectivity index (χ4v) is 3.35. The van der Waals surface area contributed by atoms with Gasteiger partial charge in [0.05, 0.1) is 5.71 Å². The van der Waals surface area contributed by atoms with Crippen LogP contribution in [0.1, 0.15) is 24.5 Å². The van der Waals surface area contributed by atoms with Crippen LogP contribution >= 0.6 is 11.3 Å². The molecule has 3 rings (SSSR count). The van der Waals surface area contributed by atoms with Crippen LogP contribution in [-0.4, -0.2) is 18.9 Å². The van der Waals surface area contributed by atoms with Crippen molar-refractivity contribution < 1.29 is 9.57 Å². The van der Waals surface area contributed by atoms with E-state index < -0.39 is 0 Å². The second kappa shape index (κ2) is 9.20. The summed E-state index contributed by atoms with van der Waals surface area (Å²) in [6.45, 7) is 5.01. The zero-order valence-electron chi connectivity index (χ0n) is 15.1. The number of thiophene rings is 1. The molecule has 2 aromatic carbocycles. The van der Waals surface area contributed by atoms with Gasteiger partial charge in [-0.1, -0.05) is 60.6 Å². The molecule has 1 heterocycles. The van der Waals surface area contributed by atoms with Crippen LogP contribution in [0.4, 0.5) is 0 Å². The minimum atomic E-state index is 0.422. The van der Waals surface area contributed by atoms with E-state index in [-0.39, 0.29) is 0 Å². The Balaban J connectivity index is 1.54. The van der Waals surface area contributed by atoms with E-state index in [1.807, 2.05) is 31.2 Å². The molecule has 0 aliphatic carbocycles. The molecule has 0 aliphatic rings. The Morgan fingerprint density at radius 1 is 0.962 bits per heavy atom. The van der Waals surface area contributed by atoms with E-state index in [9.17, 15) is 0 Å². The largest absolute Gasteiger partial charge is 0.490 e. The Kier molecular flexibility index (Phi) is 6.45. The second-order valence-corrected chi connectivity index (χ2v) is 6.84. The first-order chi connectivity index (χ1) is 12.8. The van der Waals surface area contributed by atoms with E-state index >= 15 is 0 Å². The van der Waals surface area contributed by atoms with Crippen LogP contribution in [0.2, 0.25) is 0 Å². The first kappa shape index (κ1) is 18.2. The average Bonchev–Trinajstić information content (AvgIpc) is 3.21. The second-order valence-electron chi connectivity index (χ2n) is 5.89. The van der Waals surface area contributed by atoms with E-state index in [1.54, 1.807) is 11.3 Å². The molecule has 0 fully saturated rings. The van der Waals surface area contributed by atoms with Gasteiger partial charge in [-0.2, -0.15) is 0 Å². The van der Waals surface area contributed by atoms with Gasteiger partial charge in [0.25, 0.3) is 0 Å². The molecule has 0 unspecified atom stereocenters. The number of nitrogens with zero attached hydrogens (tertiary/aromatic N) is 1. The minimum absolute atomic E-state index is 0.422. The SMILES string of the molecule is CC/C(=N\OCCOc1ccccc1C)c1ccc(-c2cccs2)cc1. The number of aryl methyl sites for hydroxylation is 1. The maximum absolute atomic E-state index is 5.72. The first-order valence-electron chi connectivity index (χ1n) is 8.79. The predicted octanol–water partition coefficient (Wildman–Crippen LogP) is 5.93. The van der Waals surface area contributed by atoms with Gasteiger partial charge in [-0.15, -0.1) is 11.3 Å². The third-order valence-corrected chi connectivity index (χ3v) is 4.98. The lowest BCUT2D eigenvalue weighted by molar-refractivity contribution is 0.106. The number of hydrogen-bond donors (Lipinski definition) is 0. The third kappa shape index (κ3) is 4.73. The van der Waals surface area contributed by atoms with Crippen LogP contribution in [0.15, 0.2) is 71.2 Å². The molecule has 3 aromatic rings. The first-order valence-corrected chi connectivity index (χ1v) is 9.67. The normalized spacial score (nSPS) is 11.4. The highest BCUT2D eigenvalue weighted by atomic mass is 32.1. The van der Waals surface area contributed by atoms with Crippen LogP contribution < -0.4 is 4.74 Å². The Morgan fingerprint density at radius 2 is 1.77 bits per heavy atom. The lowest BCUT2D eigenvalue weighted by Gasteiger charge is -2.09. The highest BCUT2D eigenvalue weighted by Crippen LogP contribution is 2.25. The number of benzene rings is 2. The van der Waals surface area contributed by atoms with Crippen molar-refractivity contribution in [3.05, 3.63) is 77.2 Å². The summed E-state index contributed by atoms with van der Waals surface area (Å²) >= 11 is 1.75. The van der Waals surface area contributed by atoms with Gasteiger partial charge in [0.2, 0.25) is 0 Å². The standard InChI is InChI=1S/C22H23NO2S/c1-3-20(18-10-12-19(13-11-18)22-9-6-16-26-22)23-25-15-14-24-21-8-5-4-7-17(21)2/h4-13,16H,3,14-15H2,1-2H3/b23-20+. The van der Waals surface area contributed by atoms with Crippen LogP contribution in [0, 0.1) is 6.92 Å². The molecule has 26 heavy (non-hydrogen) atoms. The fourth-order valence-electron chi connectivity index (χ4n) is 2.62. The van der Waals surface area contributed by atoms with Gasteiger partial charge in [-0.05, 0) is 47.5 Å². The van der Waals surface area contributed by atoms with Crippen LogP contribution in [0.5, 0.6) is 5.75 Å². The lowest BCUT2D eigenvalue weighted by atomic mass is 10.1. The number of rotatable bonds is 8. The number of para-hydroxylation sites is 1. The average molecular weight is 365 g/mol.